The Kier molecular flexibility index (Phi) is 3.40. The topological polar surface area (TPSA) is 61.4 Å². The lowest BCUT2D eigenvalue weighted by molar-refractivity contribution is -0.117. The maximum atomic E-state index is 13.0. The molecule has 2 atom stereocenters. The number of aliphatic hydroxyl groups excluding tert-OH is 1. The molecule has 1 aliphatic heterocycles. The van der Waals surface area contributed by atoms with E-state index < -0.39 is 12.1 Å². The number of hydrogen-bond donors (Lipinski definition) is 3. The highest BCUT2D eigenvalue weighted by Crippen LogP contribution is 2.17. The molecule has 0 aliphatic carbocycles. The lowest BCUT2D eigenvalue weighted by Crippen LogP contribution is -2.35. The molecule has 1 saturated heterocycles. The smallest absolute Gasteiger partial charge is 0.241 e. The highest BCUT2D eigenvalue weighted by atomic mass is 19.1. The molecule has 1 aromatic carbocycles. The molecule has 0 bridgehead atoms. The number of halogens is 1. The van der Waals surface area contributed by atoms with Gasteiger partial charge in [-0.05, 0) is 31.0 Å². The van der Waals surface area contributed by atoms with Gasteiger partial charge in [0.1, 0.15) is 5.82 Å². The number of amides is 1. The predicted molar refractivity (Wildman–Crippen MR) is 62.2 cm³/mol. The van der Waals surface area contributed by atoms with Gasteiger partial charge >= 0.3 is 0 Å². The minimum atomic E-state index is -0.487. The van der Waals surface area contributed by atoms with Gasteiger partial charge in [0, 0.05) is 12.2 Å². The van der Waals surface area contributed by atoms with Crippen LogP contribution in [0.1, 0.15) is 12.0 Å². The first-order valence-electron chi connectivity index (χ1n) is 5.54. The summed E-state index contributed by atoms with van der Waals surface area (Å²) in [5.74, 6) is -0.624. The monoisotopic (exact) mass is 238 g/mol. The number of carbonyl (C=O) groups is 1. The summed E-state index contributed by atoms with van der Waals surface area (Å²) in [5, 5.41) is 14.9. The maximum absolute atomic E-state index is 13.0. The van der Waals surface area contributed by atoms with Crippen molar-refractivity contribution in [1.29, 1.82) is 0 Å². The number of nitrogens with one attached hydrogen (secondary N) is 2. The lowest BCUT2D eigenvalue weighted by Gasteiger charge is -2.12. The average molecular weight is 238 g/mol. The Morgan fingerprint density at radius 1 is 1.59 bits per heavy atom. The molecule has 0 spiro atoms. The van der Waals surface area contributed by atoms with Crippen molar-refractivity contribution in [2.24, 2.45) is 0 Å². The van der Waals surface area contributed by atoms with Crippen molar-refractivity contribution in [2.75, 3.05) is 11.9 Å². The second-order valence-electron chi connectivity index (χ2n) is 4.30. The SMILES string of the molecule is Cc1ccc(F)cc1NC(=O)C1CC(O)CN1. The third-order valence-electron chi connectivity index (χ3n) is 2.88. The minimum absolute atomic E-state index is 0.241. The van der Waals surface area contributed by atoms with E-state index in [-0.39, 0.29) is 11.7 Å². The van der Waals surface area contributed by atoms with E-state index >= 15 is 0 Å². The van der Waals surface area contributed by atoms with Crippen molar-refractivity contribution >= 4 is 11.6 Å². The third-order valence-corrected chi connectivity index (χ3v) is 2.88. The number of aliphatic hydroxyl groups is 1. The predicted octanol–water partition coefficient (Wildman–Crippen LogP) is 0.795. The van der Waals surface area contributed by atoms with Crippen LogP contribution in [-0.2, 0) is 4.79 Å². The van der Waals surface area contributed by atoms with Crippen LogP contribution < -0.4 is 10.6 Å². The molecule has 1 aliphatic rings. The largest absolute Gasteiger partial charge is 0.392 e. The Morgan fingerprint density at radius 2 is 2.35 bits per heavy atom. The van der Waals surface area contributed by atoms with E-state index in [1.54, 1.807) is 13.0 Å². The molecule has 1 fully saturated rings. The molecule has 1 heterocycles. The number of benzene rings is 1. The Bertz CT molecular complexity index is 437. The van der Waals surface area contributed by atoms with E-state index in [1.165, 1.54) is 12.1 Å². The minimum Gasteiger partial charge on any atom is -0.392 e. The molecule has 5 heteroatoms. The van der Waals surface area contributed by atoms with E-state index in [4.69, 9.17) is 0 Å². The van der Waals surface area contributed by atoms with Crippen LogP contribution in [0.4, 0.5) is 10.1 Å². The van der Waals surface area contributed by atoms with Crippen molar-refractivity contribution < 1.29 is 14.3 Å². The molecule has 0 aromatic heterocycles. The highest BCUT2D eigenvalue weighted by Gasteiger charge is 2.28. The van der Waals surface area contributed by atoms with Gasteiger partial charge in [0.2, 0.25) is 5.91 Å². The molecule has 2 rings (SSSR count). The number of aryl methyl sites for hydroxylation is 1. The molecule has 0 radical (unpaired) electrons. The summed E-state index contributed by atoms with van der Waals surface area (Å²) < 4.78 is 13.0. The number of hydrogen-bond acceptors (Lipinski definition) is 3. The zero-order valence-electron chi connectivity index (χ0n) is 9.53. The third kappa shape index (κ3) is 2.81. The van der Waals surface area contributed by atoms with E-state index in [0.29, 0.717) is 18.7 Å². The van der Waals surface area contributed by atoms with Crippen molar-refractivity contribution in [3.8, 4) is 0 Å². The second kappa shape index (κ2) is 4.81. The van der Waals surface area contributed by atoms with Crippen molar-refractivity contribution in [3.63, 3.8) is 0 Å². The van der Waals surface area contributed by atoms with Gasteiger partial charge in [-0.1, -0.05) is 6.07 Å². The van der Waals surface area contributed by atoms with Gasteiger partial charge in [0.25, 0.3) is 0 Å². The molecule has 17 heavy (non-hydrogen) atoms. The van der Waals surface area contributed by atoms with E-state index in [1.807, 2.05) is 0 Å². The Balaban J connectivity index is 2.05. The summed E-state index contributed by atoms with van der Waals surface area (Å²) in [7, 11) is 0. The van der Waals surface area contributed by atoms with Crippen LogP contribution in [0.5, 0.6) is 0 Å². The molecule has 92 valence electrons. The molecule has 1 amide bonds. The Labute approximate surface area is 98.8 Å². The molecule has 2 unspecified atom stereocenters. The standard InChI is InChI=1S/C12H15FN2O2/c1-7-2-3-8(13)4-10(7)15-12(17)11-5-9(16)6-14-11/h2-4,9,11,14,16H,5-6H2,1H3,(H,15,17). The summed E-state index contributed by atoms with van der Waals surface area (Å²) in [6, 6.07) is 3.84. The maximum Gasteiger partial charge on any atom is 0.241 e. The summed E-state index contributed by atoms with van der Waals surface area (Å²) in [6.45, 7) is 2.21. The van der Waals surface area contributed by atoms with Gasteiger partial charge in [0.15, 0.2) is 0 Å². The number of β-amino-alcohol motifs (C(OH)–C–C–N with tert-alkyl or cyclic N) is 1. The molecule has 3 N–H and O–H groups in total. The van der Waals surface area contributed by atoms with Crippen molar-refractivity contribution in [2.45, 2.75) is 25.5 Å². The summed E-state index contributed by atoms with van der Waals surface area (Å²) in [5.41, 5.74) is 1.27. The van der Waals surface area contributed by atoms with Gasteiger partial charge in [-0.2, -0.15) is 0 Å². The van der Waals surface area contributed by atoms with Crippen LogP contribution >= 0.6 is 0 Å². The fourth-order valence-corrected chi connectivity index (χ4v) is 1.87. The second-order valence-corrected chi connectivity index (χ2v) is 4.30. The van der Waals surface area contributed by atoms with Crippen LogP contribution in [0.3, 0.4) is 0 Å². The van der Waals surface area contributed by atoms with E-state index in [0.717, 1.165) is 5.56 Å². The molecular formula is C12H15FN2O2. The normalized spacial score (nSPS) is 23.7. The zero-order valence-corrected chi connectivity index (χ0v) is 9.53. The fourth-order valence-electron chi connectivity index (χ4n) is 1.87. The number of anilines is 1. The Hall–Kier alpha value is -1.46. The van der Waals surface area contributed by atoms with Gasteiger partial charge in [-0.25, -0.2) is 4.39 Å². The fraction of sp³-hybridized carbons (Fsp3) is 0.417. The first kappa shape index (κ1) is 12.0. The highest BCUT2D eigenvalue weighted by molar-refractivity contribution is 5.95. The van der Waals surface area contributed by atoms with Crippen LogP contribution in [0.2, 0.25) is 0 Å². The lowest BCUT2D eigenvalue weighted by atomic mass is 10.1. The summed E-state index contributed by atoms with van der Waals surface area (Å²) in [4.78, 5) is 11.8. The van der Waals surface area contributed by atoms with Crippen LogP contribution in [0.25, 0.3) is 0 Å². The quantitative estimate of drug-likeness (QED) is 0.714. The summed E-state index contributed by atoms with van der Waals surface area (Å²) >= 11 is 0. The van der Waals surface area contributed by atoms with Crippen LogP contribution in [-0.4, -0.2) is 29.7 Å². The van der Waals surface area contributed by atoms with Gasteiger partial charge in [-0.3, -0.25) is 4.79 Å². The van der Waals surface area contributed by atoms with Crippen LogP contribution in [0, 0.1) is 12.7 Å². The first-order valence-corrected chi connectivity index (χ1v) is 5.54. The van der Waals surface area contributed by atoms with Crippen LogP contribution in [0.15, 0.2) is 18.2 Å². The van der Waals surface area contributed by atoms with Crippen molar-refractivity contribution in [3.05, 3.63) is 29.6 Å². The molecule has 4 nitrogen and oxygen atoms in total. The molecular weight excluding hydrogens is 223 g/mol. The Morgan fingerprint density at radius 3 is 3.00 bits per heavy atom. The van der Waals surface area contributed by atoms with E-state index in [9.17, 15) is 14.3 Å². The average Bonchev–Trinajstić information content (AvgIpc) is 2.70. The molecule has 1 aromatic rings. The van der Waals surface area contributed by atoms with E-state index in [2.05, 4.69) is 10.6 Å². The number of rotatable bonds is 2. The van der Waals surface area contributed by atoms with Gasteiger partial charge < -0.3 is 15.7 Å². The van der Waals surface area contributed by atoms with Gasteiger partial charge in [-0.15, -0.1) is 0 Å². The summed E-state index contributed by atoms with van der Waals surface area (Å²) in [6.07, 6.45) is -0.0976. The molecule has 0 saturated carbocycles. The first-order chi connectivity index (χ1) is 8.06. The van der Waals surface area contributed by atoms with Gasteiger partial charge in [0.05, 0.1) is 12.1 Å². The zero-order chi connectivity index (χ0) is 12.4. The van der Waals surface area contributed by atoms with Crippen molar-refractivity contribution in [1.82, 2.24) is 5.32 Å². The number of carbonyl (C=O) groups excluding carboxylic acids is 1.